The van der Waals surface area contributed by atoms with E-state index in [1.807, 2.05) is 6.92 Å². The molecule has 2 rings (SSSR count). The maximum absolute atomic E-state index is 11.7. The number of anilines is 1. The van der Waals surface area contributed by atoms with Crippen molar-refractivity contribution in [1.82, 2.24) is 9.97 Å². The molecular weight excluding hydrogens is 266 g/mol. The van der Waals surface area contributed by atoms with Gasteiger partial charge in [-0.25, -0.2) is 14.8 Å². The first-order valence-electron chi connectivity index (χ1n) is 5.79. The van der Waals surface area contributed by atoms with Gasteiger partial charge >= 0.3 is 5.97 Å². The number of nitrogens with zero attached hydrogens (tertiary/aromatic N) is 2. The minimum atomic E-state index is -0.482. The number of ether oxygens (including phenoxy) is 1. The molecule has 0 fully saturated rings. The van der Waals surface area contributed by atoms with Crippen molar-refractivity contribution in [2.45, 2.75) is 20.0 Å². The fourth-order valence-corrected chi connectivity index (χ4v) is 2.80. The van der Waals surface area contributed by atoms with Crippen LogP contribution in [-0.4, -0.2) is 40.8 Å². The maximum atomic E-state index is 11.7. The van der Waals surface area contributed by atoms with E-state index in [2.05, 4.69) is 15.3 Å². The molecule has 0 spiro atoms. The smallest absolute Gasteiger partial charge is 0.348 e. The summed E-state index contributed by atoms with van der Waals surface area (Å²) in [5, 5.41) is 13.2. The number of methoxy groups -OCH3 is 1. The number of esters is 1. The Balaban J connectivity index is 2.49. The lowest BCUT2D eigenvalue weighted by Gasteiger charge is -2.08. The number of aliphatic hydroxyl groups is 1. The average molecular weight is 281 g/mol. The Bertz CT molecular complexity index is 610. The van der Waals surface area contributed by atoms with E-state index < -0.39 is 6.10 Å². The molecule has 0 aliphatic carbocycles. The van der Waals surface area contributed by atoms with Crippen LogP contribution in [0.2, 0.25) is 0 Å². The molecule has 1 unspecified atom stereocenters. The fourth-order valence-electron chi connectivity index (χ4n) is 1.74. The number of carbonyl (C=O) groups is 1. The molecule has 0 radical (unpaired) electrons. The highest BCUT2D eigenvalue weighted by Crippen LogP contribution is 2.33. The molecule has 6 nitrogen and oxygen atoms in total. The van der Waals surface area contributed by atoms with Gasteiger partial charge in [-0.1, -0.05) is 0 Å². The van der Waals surface area contributed by atoms with Crippen LogP contribution in [0.3, 0.4) is 0 Å². The Morgan fingerprint density at radius 2 is 2.32 bits per heavy atom. The van der Waals surface area contributed by atoms with Gasteiger partial charge in [-0.2, -0.15) is 0 Å². The third kappa shape index (κ3) is 2.66. The monoisotopic (exact) mass is 281 g/mol. The highest BCUT2D eigenvalue weighted by Gasteiger charge is 2.19. The number of rotatable bonds is 4. The van der Waals surface area contributed by atoms with Gasteiger partial charge in [0, 0.05) is 6.54 Å². The Labute approximate surface area is 114 Å². The topological polar surface area (TPSA) is 84.3 Å². The van der Waals surface area contributed by atoms with E-state index in [0.717, 1.165) is 15.8 Å². The van der Waals surface area contributed by atoms with Crippen molar-refractivity contribution in [2.75, 3.05) is 19.0 Å². The van der Waals surface area contributed by atoms with Crippen LogP contribution < -0.4 is 5.32 Å². The number of aryl methyl sites for hydroxylation is 1. The van der Waals surface area contributed by atoms with Crippen molar-refractivity contribution in [3.05, 3.63) is 16.8 Å². The minimum Gasteiger partial charge on any atom is -0.465 e. The normalized spacial score (nSPS) is 12.4. The lowest BCUT2D eigenvalue weighted by atomic mass is 10.2. The summed E-state index contributed by atoms with van der Waals surface area (Å²) in [4.78, 5) is 21.2. The summed E-state index contributed by atoms with van der Waals surface area (Å²) in [6.07, 6.45) is 0.952. The zero-order valence-electron chi connectivity index (χ0n) is 10.9. The number of nitrogens with one attached hydrogen (secondary N) is 1. The van der Waals surface area contributed by atoms with Crippen LogP contribution in [-0.2, 0) is 4.74 Å². The minimum absolute atomic E-state index is 0.373. The van der Waals surface area contributed by atoms with Crippen molar-refractivity contribution >= 4 is 33.3 Å². The summed E-state index contributed by atoms with van der Waals surface area (Å²) in [5.41, 5.74) is 0.792. The third-order valence-corrected chi connectivity index (χ3v) is 3.84. The van der Waals surface area contributed by atoms with E-state index in [9.17, 15) is 9.90 Å². The molecule has 0 bridgehead atoms. The molecule has 2 N–H and O–H groups in total. The number of aliphatic hydroxyl groups excluding tert-OH is 1. The van der Waals surface area contributed by atoms with Gasteiger partial charge in [-0.3, -0.25) is 0 Å². The van der Waals surface area contributed by atoms with Gasteiger partial charge < -0.3 is 15.2 Å². The Morgan fingerprint density at radius 3 is 2.95 bits per heavy atom. The molecule has 2 aromatic heterocycles. The lowest BCUT2D eigenvalue weighted by Crippen LogP contribution is -2.16. The molecule has 102 valence electrons. The first-order chi connectivity index (χ1) is 9.04. The molecule has 7 heteroatoms. The third-order valence-electron chi connectivity index (χ3n) is 2.66. The van der Waals surface area contributed by atoms with Crippen molar-refractivity contribution in [3.8, 4) is 0 Å². The quantitative estimate of drug-likeness (QED) is 0.828. The second-order valence-corrected chi connectivity index (χ2v) is 5.18. The van der Waals surface area contributed by atoms with Crippen LogP contribution in [0.5, 0.6) is 0 Å². The number of carbonyl (C=O) groups excluding carboxylic acids is 1. The van der Waals surface area contributed by atoms with Crippen molar-refractivity contribution in [3.63, 3.8) is 0 Å². The zero-order valence-corrected chi connectivity index (χ0v) is 11.7. The molecule has 0 aromatic carbocycles. The summed E-state index contributed by atoms with van der Waals surface area (Å²) >= 11 is 1.28. The Hall–Kier alpha value is -1.73. The van der Waals surface area contributed by atoms with Gasteiger partial charge in [0.2, 0.25) is 0 Å². The molecule has 0 amide bonds. The van der Waals surface area contributed by atoms with E-state index in [4.69, 9.17) is 4.74 Å². The summed E-state index contributed by atoms with van der Waals surface area (Å²) in [5.74, 6) is 0.247. The largest absolute Gasteiger partial charge is 0.465 e. The standard InChI is InChI=1S/C12H15N3O3S/c1-6(16)4-13-10-8-7(2)9(12(17)18-3)19-11(8)15-5-14-10/h5-6,16H,4H2,1-3H3,(H,13,14,15). The van der Waals surface area contributed by atoms with E-state index in [1.165, 1.54) is 24.8 Å². The summed E-state index contributed by atoms with van der Waals surface area (Å²) in [6, 6.07) is 0. The van der Waals surface area contributed by atoms with Crippen molar-refractivity contribution in [1.29, 1.82) is 0 Å². The number of hydrogen-bond acceptors (Lipinski definition) is 7. The highest BCUT2D eigenvalue weighted by molar-refractivity contribution is 7.20. The molecule has 0 aliphatic rings. The summed E-state index contributed by atoms with van der Waals surface area (Å²) in [7, 11) is 1.35. The molecular formula is C12H15N3O3S. The van der Waals surface area contributed by atoms with Gasteiger partial charge in [0.05, 0.1) is 18.6 Å². The van der Waals surface area contributed by atoms with Crippen LogP contribution in [0.25, 0.3) is 10.2 Å². The van der Waals surface area contributed by atoms with Crippen LogP contribution in [0.1, 0.15) is 22.2 Å². The van der Waals surface area contributed by atoms with Gasteiger partial charge in [-0.15, -0.1) is 11.3 Å². The molecule has 2 heterocycles. The first-order valence-corrected chi connectivity index (χ1v) is 6.60. The molecule has 1 atom stereocenters. The van der Waals surface area contributed by atoms with Gasteiger partial charge in [-0.05, 0) is 19.4 Å². The molecule has 0 aliphatic heterocycles. The second kappa shape index (κ2) is 5.50. The van der Waals surface area contributed by atoms with Crippen LogP contribution in [0, 0.1) is 6.92 Å². The van der Waals surface area contributed by atoms with E-state index >= 15 is 0 Å². The number of fused-ring (bicyclic) bond motifs is 1. The molecule has 19 heavy (non-hydrogen) atoms. The van der Waals surface area contributed by atoms with Crippen molar-refractivity contribution in [2.24, 2.45) is 0 Å². The Morgan fingerprint density at radius 1 is 1.58 bits per heavy atom. The SMILES string of the molecule is COC(=O)c1sc2ncnc(NCC(C)O)c2c1C. The highest BCUT2D eigenvalue weighted by atomic mass is 32.1. The zero-order chi connectivity index (χ0) is 14.0. The maximum Gasteiger partial charge on any atom is 0.348 e. The van der Waals surface area contributed by atoms with Crippen molar-refractivity contribution < 1.29 is 14.6 Å². The molecule has 0 saturated carbocycles. The first kappa shape index (κ1) is 13.7. The molecule has 2 aromatic rings. The van der Waals surface area contributed by atoms with E-state index in [0.29, 0.717) is 17.2 Å². The Kier molecular flexibility index (Phi) is 3.96. The fraction of sp³-hybridized carbons (Fsp3) is 0.417. The predicted molar refractivity (Wildman–Crippen MR) is 73.7 cm³/mol. The predicted octanol–water partition coefficient (Wildman–Crippen LogP) is 1.58. The van der Waals surface area contributed by atoms with Crippen LogP contribution in [0.4, 0.5) is 5.82 Å². The summed E-state index contributed by atoms with van der Waals surface area (Å²) in [6.45, 7) is 3.91. The number of thiophene rings is 1. The van der Waals surface area contributed by atoms with E-state index in [-0.39, 0.29) is 5.97 Å². The lowest BCUT2D eigenvalue weighted by molar-refractivity contribution is 0.0605. The van der Waals surface area contributed by atoms with E-state index in [1.54, 1.807) is 6.92 Å². The van der Waals surface area contributed by atoms with Gasteiger partial charge in [0.1, 0.15) is 21.9 Å². The van der Waals surface area contributed by atoms with Gasteiger partial charge in [0.15, 0.2) is 0 Å². The van der Waals surface area contributed by atoms with Crippen LogP contribution in [0.15, 0.2) is 6.33 Å². The average Bonchev–Trinajstić information content (AvgIpc) is 2.73. The van der Waals surface area contributed by atoms with Crippen LogP contribution >= 0.6 is 11.3 Å². The number of aromatic nitrogens is 2. The summed E-state index contributed by atoms with van der Waals surface area (Å²) < 4.78 is 4.75. The number of hydrogen-bond donors (Lipinski definition) is 2. The van der Waals surface area contributed by atoms with Gasteiger partial charge in [0.25, 0.3) is 0 Å². The second-order valence-electron chi connectivity index (χ2n) is 4.18. The molecule has 0 saturated heterocycles.